The van der Waals surface area contributed by atoms with E-state index in [4.69, 9.17) is 0 Å². The lowest BCUT2D eigenvalue weighted by Crippen LogP contribution is -2.67. The predicted molar refractivity (Wildman–Crippen MR) is 337 cm³/mol. The lowest BCUT2D eigenvalue weighted by molar-refractivity contribution is 0.443. The number of rotatable bonds is 1. The van der Waals surface area contributed by atoms with Gasteiger partial charge >= 0.3 is 0 Å². The number of aromatic nitrogens is 3. The number of benzene rings is 7. The summed E-state index contributed by atoms with van der Waals surface area (Å²) in [5, 5.41) is 8.44. The molecule has 1 saturated carbocycles. The molecule has 0 atom stereocenters. The van der Waals surface area contributed by atoms with Crippen molar-refractivity contribution in [2.24, 2.45) is 0 Å². The van der Waals surface area contributed by atoms with Crippen molar-refractivity contribution >= 4 is 112 Å². The van der Waals surface area contributed by atoms with E-state index in [1.165, 1.54) is 170 Å². The molecule has 4 aliphatic heterocycles. The van der Waals surface area contributed by atoms with Crippen LogP contribution in [0.3, 0.4) is 0 Å². The molecule has 5 aliphatic rings. The zero-order valence-electron chi connectivity index (χ0n) is 49.7. The zero-order chi connectivity index (χ0) is 54.1. The highest BCUT2D eigenvalue weighted by Crippen LogP contribution is 2.51. The summed E-state index contributed by atoms with van der Waals surface area (Å²) in [6.45, 7) is 43.7. The molecule has 0 spiro atoms. The van der Waals surface area contributed by atoms with Gasteiger partial charge in [0.05, 0.1) is 11.0 Å². The predicted octanol–water partition coefficient (Wildman–Crippen LogP) is 15.1. The Balaban J connectivity index is 1.27. The third-order valence-electron chi connectivity index (χ3n) is 20.0. The molecule has 5 heteroatoms. The van der Waals surface area contributed by atoms with Gasteiger partial charge in [-0.1, -0.05) is 180 Å². The molecule has 7 aromatic carbocycles. The first-order valence-electron chi connectivity index (χ1n) is 29.7. The minimum absolute atomic E-state index is 0.00421. The molecular formula is C72H79B2N3. The van der Waals surface area contributed by atoms with Gasteiger partial charge in [0.25, 0.3) is 13.4 Å². The molecule has 388 valence electrons. The van der Waals surface area contributed by atoms with Crippen LogP contribution in [0.25, 0.3) is 82.5 Å². The van der Waals surface area contributed by atoms with Crippen molar-refractivity contribution in [3.63, 3.8) is 0 Å². The molecule has 7 heterocycles. The van der Waals surface area contributed by atoms with E-state index in [0.29, 0.717) is 5.92 Å². The number of hydrogen-bond donors (Lipinski definition) is 0. The second-order valence-corrected chi connectivity index (χ2v) is 31.3. The maximum absolute atomic E-state index is 2.89. The quantitative estimate of drug-likeness (QED) is 0.146. The van der Waals surface area contributed by atoms with Crippen LogP contribution in [0.5, 0.6) is 0 Å². The SMILES string of the molecule is CC(C)(C)c1ccc2c(c1)c1cc(C(C)(C)C)cc3c1n2-c1c2c4c5c(c1C1CCCCC1)-n1c6ccc(C(C)(C)C)cc6c6cc(C(C)(C)C)cc(c61)B5c1cc(C(C)(C)C)cc5c6cc(C(C)(C)C)cc(c6n-4c15)B23. The van der Waals surface area contributed by atoms with E-state index in [-0.39, 0.29) is 45.9 Å². The van der Waals surface area contributed by atoms with Gasteiger partial charge in [-0.15, -0.1) is 0 Å². The van der Waals surface area contributed by atoms with Crippen LogP contribution in [0.2, 0.25) is 0 Å². The first-order chi connectivity index (χ1) is 36.0. The van der Waals surface area contributed by atoms with Crippen molar-refractivity contribution in [2.75, 3.05) is 0 Å². The zero-order valence-corrected chi connectivity index (χ0v) is 49.7. The van der Waals surface area contributed by atoms with Crippen molar-refractivity contribution in [3.05, 3.63) is 124 Å². The van der Waals surface area contributed by atoms with Crippen molar-refractivity contribution in [1.82, 2.24) is 13.7 Å². The normalized spacial score (nSPS) is 16.3. The van der Waals surface area contributed by atoms with Crippen LogP contribution in [-0.4, -0.2) is 27.1 Å². The van der Waals surface area contributed by atoms with Crippen LogP contribution in [0, 0.1) is 0 Å². The Kier molecular flexibility index (Phi) is 9.17. The average molecular weight is 1010 g/mol. The summed E-state index contributed by atoms with van der Waals surface area (Å²) in [6, 6.07) is 36.5. The molecule has 15 rings (SSSR count). The third kappa shape index (κ3) is 6.24. The first kappa shape index (κ1) is 48.2. The van der Waals surface area contributed by atoms with Crippen LogP contribution in [-0.2, 0) is 32.5 Å². The van der Waals surface area contributed by atoms with Gasteiger partial charge < -0.3 is 13.7 Å². The highest BCUT2D eigenvalue weighted by molar-refractivity contribution is 7.04. The van der Waals surface area contributed by atoms with E-state index < -0.39 is 0 Å². The molecule has 0 amide bonds. The van der Waals surface area contributed by atoms with E-state index in [1.807, 2.05) is 0 Å². The Morgan fingerprint density at radius 3 is 0.948 bits per heavy atom. The third-order valence-corrected chi connectivity index (χ3v) is 20.0. The molecule has 1 fully saturated rings. The molecule has 1 aliphatic carbocycles. The Hall–Kier alpha value is -5.93. The lowest BCUT2D eigenvalue weighted by Gasteiger charge is -2.44. The minimum atomic E-state index is -0.0630. The van der Waals surface area contributed by atoms with Gasteiger partial charge in [-0.05, 0) is 166 Å². The van der Waals surface area contributed by atoms with Crippen molar-refractivity contribution in [2.45, 2.75) is 195 Å². The summed E-state index contributed by atoms with van der Waals surface area (Å²) in [6.07, 6.45) is 6.26. The second kappa shape index (κ2) is 14.6. The standard InChI is InChI=1S/C72H79B2N3/c1-67(2,3)39-24-26-55-45(28-39)47-30-41(69(7,8)9)34-51-60(47)75(55)64-57(38-22-20-19-21-23-38)65-59-66-58(64)73(51)53-36-43(71(13,14)15)32-49-50-33-44(72(16,17)18)37-54(63(50)77(66)62(49)53)74(59)52-35-42(70(10,11)12)31-48-46-29-40(68(4,5)6)25-27-56(46)76(65)61(48)52/h24-38H,19-23H2,1-18H3. The number of fused-ring (bicyclic) bond motifs is 13. The van der Waals surface area contributed by atoms with Gasteiger partial charge in [0.2, 0.25) is 0 Å². The molecule has 3 aromatic heterocycles. The Labute approximate surface area is 459 Å². The van der Waals surface area contributed by atoms with Crippen molar-refractivity contribution in [1.29, 1.82) is 0 Å². The van der Waals surface area contributed by atoms with Gasteiger partial charge in [-0.3, -0.25) is 0 Å². The van der Waals surface area contributed by atoms with Gasteiger partial charge in [0.1, 0.15) is 0 Å². The monoisotopic (exact) mass is 1010 g/mol. The molecule has 0 saturated heterocycles. The topological polar surface area (TPSA) is 14.8 Å². The highest BCUT2D eigenvalue weighted by atomic mass is 15.1. The molecule has 77 heavy (non-hydrogen) atoms. The average Bonchev–Trinajstić information content (AvgIpc) is 2.50. The molecule has 0 bridgehead atoms. The summed E-state index contributed by atoms with van der Waals surface area (Å²) in [7, 11) is 0. The van der Waals surface area contributed by atoms with Crippen molar-refractivity contribution < 1.29 is 0 Å². The fourth-order valence-corrected chi connectivity index (χ4v) is 15.7. The summed E-state index contributed by atoms with van der Waals surface area (Å²) in [5.41, 5.74) is 31.7. The van der Waals surface area contributed by atoms with Crippen LogP contribution in [0.1, 0.15) is 202 Å². The fraction of sp³-hybridized carbons (Fsp3) is 0.417. The van der Waals surface area contributed by atoms with Crippen LogP contribution in [0.4, 0.5) is 0 Å². The Morgan fingerprint density at radius 1 is 0.325 bits per heavy atom. The summed E-state index contributed by atoms with van der Waals surface area (Å²) < 4.78 is 8.66. The summed E-state index contributed by atoms with van der Waals surface area (Å²) >= 11 is 0. The summed E-state index contributed by atoms with van der Waals surface area (Å²) in [4.78, 5) is 0. The van der Waals surface area contributed by atoms with E-state index in [9.17, 15) is 0 Å². The Morgan fingerprint density at radius 2 is 0.623 bits per heavy atom. The molecule has 0 N–H and O–H groups in total. The van der Waals surface area contributed by atoms with Gasteiger partial charge in [-0.2, -0.15) is 0 Å². The van der Waals surface area contributed by atoms with Gasteiger partial charge in [0.15, 0.2) is 0 Å². The summed E-state index contributed by atoms with van der Waals surface area (Å²) in [5.74, 6) is 0.402. The van der Waals surface area contributed by atoms with Crippen LogP contribution >= 0.6 is 0 Å². The molecular weight excluding hydrogens is 928 g/mol. The largest absolute Gasteiger partial charge is 0.311 e. The first-order valence-corrected chi connectivity index (χ1v) is 29.7. The molecule has 10 aromatic rings. The van der Waals surface area contributed by atoms with Crippen LogP contribution < -0.4 is 32.8 Å². The number of nitrogens with zero attached hydrogens (tertiary/aromatic N) is 3. The fourth-order valence-electron chi connectivity index (χ4n) is 15.7. The van der Waals surface area contributed by atoms with E-state index in [0.717, 1.165) is 0 Å². The van der Waals surface area contributed by atoms with Gasteiger partial charge in [-0.25, -0.2) is 0 Å². The molecule has 0 unspecified atom stereocenters. The Bertz CT molecular complexity index is 4090. The van der Waals surface area contributed by atoms with Crippen LogP contribution in [0.15, 0.2) is 84.9 Å². The lowest BCUT2D eigenvalue weighted by atomic mass is 9.29. The van der Waals surface area contributed by atoms with Gasteiger partial charge in [0, 0.05) is 77.0 Å². The molecule has 3 nitrogen and oxygen atoms in total. The minimum Gasteiger partial charge on any atom is -0.311 e. The smallest absolute Gasteiger partial charge is 0.252 e. The van der Waals surface area contributed by atoms with E-state index in [2.05, 4.69) is 223 Å². The van der Waals surface area contributed by atoms with E-state index >= 15 is 0 Å². The number of hydrogen-bond acceptors (Lipinski definition) is 0. The highest BCUT2D eigenvalue weighted by Gasteiger charge is 2.52. The molecule has 0 radical (unpaired) electrons. The van der Waals surface area contributed by atoms with Crippen molar-refractivity contribution in [3.8, 4) is 17.1 Å². The van der Waals surface area contributed by atoms with E-state index in [1.54, 1.807) is 16.5 Å². The maximum Gasteiger partial charge on any atom is 0.252 e. The maximum atomic E-state index is 2.89. The second-order valence-electron chi connectivity index (χ2n) is 31.3.